The fourth-order valence-corrected chi connectivity index (χ4v) is 2.39. The van der Waals surface area contributed by atoms with Gasteiger partial charge in [-0.25, -0.2) is 4.98 Å². The number of pyridine rings is 1. The molecular formula is C12H6Cl3N3. The van der Waals surface area contributed by atoms with Crippen molar-refractivity contribution in [2.75, 3.05) is 0 Å². The highest BCUT2D eigenvalue weighted by Crippen LogP contribution is 2.36. The lowest BCUT2D eigenvalue weighted by molar-refractivity contribution is 1.12. The van der Waals surface area contributed by atoms with Gasteiger partial charge in [0.15, 0.2) is 5.15 Å². The number of aromatic amines is 1. The maximum absolute atomic E-state index is 6.19. The Hall–Kier alpha value is -1.29. The predicted molar refractivity (Wildman–Crippen MR) is 74.4 cm³/mol. The lowest BCUT2D eigenvalue weighted by atomic mass is 10.1. The van der Waals surface area contributed by atoms with E-state index < -0.39 is 0 Å². The molecule has 1 N–H and O–H groups in total. The number of rotatable bonds is 1. The minimum absolute atomic E-state index is 0.379. The minimum atomic E-state index is 0.379. The van der Waals surface area contributed by atoms with E-state index in [1.165, 1.54) is 0 Å². The predicted octanol–water partition coefficient (Wildman–Crippen LogP) is 4.59. The van der Waals surface area contributed by atoms with Gasteiger partial charge in [0.25, 0.3) is 0 Å². The fourth-order valence-electron chi connectivity index (χ4n) is 1.80. The van der Waals surface area contributed by atoms with Gasteiger partial charge in [-0.05, 0) is 12.1 Å². The number of benzene rings is 1. The van der Waals surface area contributed by atoms with Crippen molar-refractivity contribution in [1.82, 2.24) is 15.2 Å². The third kappa shape index (κ3) is 1.75. The molecule has 18 heavy (non-hydrogen) atoms. The van der Waals surface area contributed by atoms with Gasteiger partial charge in [0.1, 0.15) is 11.2 Å². The molecule has 2 heterocycles. The SMILES string of the molecule is Clc1cccc(-c2n[nH]c3c(Cl)nccc23)c1Cl. The van der Waals surface area contributed by atoms with Gasteiger partial charge in [-0.15, -0.1) is 0 Å². The molecular weight excluding hydrogens is 293 g/mol. The third-order valence-corrected chi connectivity index (χ3v) is 3.75. The smallest absolute Gasteiger partial charge is 0.154 e. The molecule has 0 spiro atoms. The van der Waals surface area contributed by atoms with Crippen LogP contribution in [0.3, 0.4) is 0 Å². The van der Waals surface area contributed by atoms with Crippen molar-refractivity contribution in [3.63, 3.8) is 0 Å². The molecule has 90 valence electrons. The Morgan fingerprint density at radius 2 is 1.89 bits per heavy atom. The van der Waals surface area contributed by atoms with E-state index in [4.69, 9.17) is 34.8 Å². The van der Waals surface area contributed by atoms with Gasteiger partial charge in [-0.3, -0.25) is 5.10 Å². The summed E-state index contributed by atoms with van der Waals surface area (Å²) in [4.78, 5) is 3.99. The first-order chi connectivity index (χ1) is 8.68. The minimum Gasteiger partial charge on any atom is -0.274 e. The molecule has 0 saturated carbocycles. The quantitative estimate of drug-likeness (QED) is 0.668. The van der Waals surface area contributed by atoms with Gasteiger partial charge in [-0.2, -0.15) is 5.10 Å². The average molecular weight is 299 g/mol. The normalized spacial score (nSPS) is 11.1. The number of hydrogen-bond donors (Lipinski definition) is 1. The van der Waals surface area contributed by atoms with Crippen LogP contribution in [-0.2, 0) is 0 Å². The second-order valence-electron chi connectivity index (χ2n) is 3.70. The molecule has 0 bridgehead atoms. The van der Waals surface area contributed by atoms with E-state index in [0.29, 0.717) is 26.4 Å². The molecule has 0 saturated heterocycles. The molecule has 0 aliphatic carbocycles. The van der Waals surface area contributed by atoms with Gasteiger partial charge >= 0.3 is 0 Å². The van der Waals surface area contributed by atoms with Crippen molar-refractivity contribution in [3.05, 3.63) is 45.7 Å². The van der Waals surface area contributed by atoms with Crippen LogP contribution < -0.4 is 0 Å². The average Bonchev–Trinajstić information content (AvgIpc) is 2.78. The van der Waals surface area contributed by atoms with E-state index >= 15 is 0 Å². The summed E-state index contributed by atoms with van der Waals surface area (Å²) in [7, 11) is 0. The highest BCUT2D eigenvalue weighted by atomic mass is 35.5. The molecule has 0 aliphatic heterocycles. The summed E-state index contributed by atoms with van der Waals surface area (Å²) in [5.74, 6) is 0. The van der Waals surface area contributed by atoms with E-state index in [1.54, 1.807) is 12.3 Å². The highest BCUT2D eigenvalue weighted by Gasteiger charge is 2.14. The van der Waals surface area contributed by atoms with Gasteiger partial charge in [0.05, 0.1) is 10.0 Å². The van der Waals surface area contributed by atoms with Crippen LogP contribution in [0.4, 0.5) is 0 Å². The van der Waals surface area contributed by atoms with Crippen LogP contribution in [0.1, 0.15) is 0 Å². The van der Waals surface area contributed by atoms with Crippen molar-refractivity contribution in [2.24, 2.45) is 0 Å². The summed E-state index contributed by atoms with van der Waals surface area (Å²) < 4.78 is 0. The fraction of sp³-hybridized carbons (Fsp3) is 0. The first kappa shape index (κ1) is 11.8. The van der Waals surface area contributed by atoms with E-state index in [0.717, 1.165) is 10.9 Å². The molecule has 0 atom stereocenters. The number of halogens is 3. The van der Waals surface area contributed by atoms with E-state index in [1.807, 2.05) is 18.2 Å². The van der Waals surface area contributed by atoms with E-state index in [9.17, 15) is 0 Å². The summed E-state index contributed by atoms with van der Waals surface area (Å²) in [6.45, 7) is 0. The zero-order valence-corrected chi connectivity index (χ0v) is 11.2. The topological polar surface area (TPSA) is 41.6 Å². The van der Waals surface area contributed by atoms with Crippen molar-refractivity contribution in [2.45, 2.75) is 0 Å². The molecule has 6 heteroatoms. The lowest BCUT2D eigenvalue weighted by Gasteiger charge is -2.03. The molecule has 0 amide bonds. The van der Waals surface area contributed by atoms with E-state index in [-0.39, 0.29) is 0 Å². The Morgan fingerprint density at radius 3 is 2.72 bits per heavy atom. The van der Waals surface area contributed by atoms with Gasteiger partial charge < -0.3 is 0 Å². The van der Waals surface area contributed by atoms with Crippen LogP contribution in [0, 0.1) is 0 Å². The number of H-pyrrole nitrogens is 1. The third-order valence-electron chi connectivity index (χ3n) is 2.65. The highest BCUT2D eigenvalue weighted by molar-refractivity contribution is 6.44. The zero-order chi connectivity index (χ0) is 12.7. The Bertz CT molecular complexity index is 737. The number of hydrogen-bond acceptors (Lipinski definition) is 2. The molecule has 3 rings (SSSR count). The molecule has 0 aliphatic rings. The largest absolute Gasteiger partial charge is 0.274 e. The first-order valence-corrected chi connectivity index (χ1v) is 6.25. The maximum Gasteiger partial charge on any atom is 0.154 e. The standard InChI is InChI=1S/C12H6Cl3N3/c13-8-3-1-2-6(9(8)14)10-7-4-5-16-12(15)11(7)18-17-10/h1-5H,(H,17,18). The van der Waals surface area contributed by atoms with Crippen LogP contribution in [0.25, 0.3) is 22.2 Å². The summed E-state index contributed by atoms with van der Waals surface area (Å²) in [5, 5.41) is 9.29. The lowest BCUT2D eigenvalue weighted by Crippen LogP contribution is -1.82. The zero-order valence-electron chi connectivity index (χ0n) is 8.92. The van der Waals surface area contributed by atoms with Crippen molar-refractivity contribution >= 4 is 45.7 Å². The van der Waals surface area contributed by atoms with E-state index in [2.05, 4.69) is 15.2 Å². The Labute approximate surface area is 118 Å². The van der Waals surface area contributed by atoms with Crippen LogP contribution in [0.15, 0.2) is 30.5 Å². The summed E-state index contributed by atoms with van der Waals surface area (Å²) >= 11 is 18.2. The van der Waals surface area contributed by atoms with Crippen LogP contribution in [0.2, 0.25) is 15.2 Å². The number of aromatic nitrogens is 3. The van der Waals surface area contributed by atoms with Crippen LogP contribution in [0.5, 0.6) is 0 Å². The van der Waals surface area contributed by atoms with Crippen molar-refractivity contribution in [1.29, 1.82) is 0 Å². The Balaban J connectivity index is 2.33. The van der Waals surface area contributed by atoms with Crippen molar-refractivity contribution in [3.8, 4) is 11.3 Å². The Kier molecular flexibility index (Phi) is 2.90. The first-order valence-electron chi connectivity index (χ1n) is 5.11. The maximum atomic E-state index is 6.19. The number of nitrogens with zero attached hydrogens (tertiary/aromatic N) is 2. The molecule has 0 radical (unpaired) electrons. The molecule has 1 aromatic carbocycles. The molecule has 3 nitrogen and oxygen atoms in total. The number of fused-ring (bicyclic) bond motifs is 1. The molecule has 3 aromatic rings. The summed E-state index contributed by atoms with van der Waals surface area (Å²) in [5.41, 5.74) is 2.16. The molecule has 0 unspecified atom stereocenters. The van der Waals surface area contributed by atoms with Gasteiger partial charge in [-0.1, -0.05) is 46.9 Å². The number of nitrogens with one attached hydrogen (secondary N) is 1. The van der Waals surface area contributed by atoms with Gasteiger partial charge in [0, 0.05) is 17.1 Å². The Morgan fingerprint density at radius 1 is 1.06 bits per heavy atom. The van der Waals surface area contributed by atoms with Crippen molar-refractivity contribution < 1.29 is 0 Å². The summed E-state index contributed by atoms with van der Waals surface area (Å²) in [6.07, 6.45) is 1.63. The molecule has 0 fully saturated rings. The summed E-state index contributed by atoms with van der Waals surface area (Å²) in [6, 6.07) is 7.25. The monoisotopic (exact) mass is 297 g/mol. The van der Waals surface area contributed by atoms with Crippen LogP contribution in [-0.4, -0.2) is 15.2 Å². The molecule has 2 aromatic heterocycles. The van der Waals surface area contributed by atoms with Crippen LogP contribution >= 0.6 is 34.8 Å². The van der Waals surface area contributed by atoms with Gasteiger partial charge in [0.2, 0.25) is 0 Å². The second-order valence-corrected chi connectivity index (χ2v) is 4.84. The second kappa shape index (κ2) is 4.43.